The first kappa shape index (κ1) is 19.3. The molecule has 2 aromatic rings. The highest BCUT2D eigenvalue weighted by Gasteiger charge is 2.08. The Hall–Kier alpha value is -3.03. The van der Waals surface area contributed by atoms with Crippen molar-refractivity contribution >= 4 is 11.6 Å². The van der Waals surface area contributed by atoms with Gasteiger partial charge in [-0.05, 0) is 26.0 Å². The van der Waals surface area contributed by atoms with Crippen molar-refractivity contribution in [1.29, 1.82) is 0 Å². The fraction of sp³-hybridized carbons (Fsp3) is 0.389. The zero-order valence-electron chi connectivity index (χ0n) is 15.7. The monoisotopic (exact) mass is 358 g/mol. The van der Waals surface area contributed by atoms with Gasteiger partial charge < -0.3 is 24.7 Å². The smallest absolute Gasteiger partial charge is 0.196 e. The van der Waals surface area contributed by atoms with E-state index in [4.69, 9.17) is 9.47 Å². The van der Waals surface area contributed by atoms with Crippen molar-refractivity contribution in [2.45, 2.75) is 20.4 Å². The number of methoxy groups -OCH3 is 1. The van der Waals surface area contributed by atoms with Crippen molar-refractivity contribution in [2.24, 2.45) is 12.0 Å². The molecular weight excluding hydrogens is 332 g/mol. The van der Waals surface area contributed by atoms with Crippen LogP contribution >= 0.6 is 0 Å². The first-order valence-corrected chi connectivity index (χ1v) is 8.41. The molecular formula is C18H26N6O2. The van der Waals surface area contributed by atoms with Crippen LogP contribution in [0.5, 0.6) is 11.5 Å². The number of aryl methyl sites for hydroxylation is 1. The van der Waals surface area contributed by atoms with Gasteiger partial charge in [-0.25, -0.2) is 4.99 Å². The lowest BCUT2D eigenvalue weighted by molar-refractivity contribution is 0.311. The molecule has 1 aromatic carbocycles. The molecule has 8 nitrogen and oxygen atoms in total. The first-order valence-electron chi connectivity index (χ1n) is 8.41. The number of hydrogen-bond donors (Lipinski definition) is 2. The lowest BCUT2D eigenvalue weighted by atomic mass is 10.2. The van der Waals surface area contributed by atoms with Crippen molar-refractivity contribution in [3.63, 3.8) is 0 Å². The first-order chi connectivity index (χ1) is 12.6. The molecule has 0 atom stereocenters. The number of rotatable bonds is 8. The molecule has 140 valence electrons. The number of guanidine groups is 1. The summed E-state index contributed by atoms with van der Waals surface area (Å²) in [5.74, 6) is 3.60. The molecule has 0 spiro atoms. The summed E-state index contributed by atoms with van der Waals surface area (Å²) in [6.45, 7) is 9.12. The third kappa shape index (κ3) is 4.98. The van der Waals surface area contributed by atoms with Crippen molar-refractivity contribution in [2.75, 3.05) is 25.6 Å². The van der Waals surface area contributed by atoms with Crippen molar-refractivity contribution in [1.82, 2.24) is 20.1 Å². The van der Waals surface area contributed by atoms with Crippen LogP contribution in [0.25, 0.3) is 0 Å². The summed E-state index contributed by atoms with van der Waals surface area (Å²) in [4.78, 5) is 4.57. The fourth-order valence-electron chi connectivity index (χ4n) is 2.20. The van der Waals surface area contributed by atoms with Gasteiger partial charge in [0.05, 0.1) is 13.7 Å². The standard InChI is InChI=1S/C18H26N6O2/c1-6-10-19-18(20-12-17-23-22-13(3)24(17)4)21-14-8-9-15(26-7-2)16(11-14)25-5/h6,8-9,11H,1,7,10,12H2,2-5H3,(H2,19,20,21). The highest BCUT2D eigenvalue weighted by Crippen LogP contribution is 2.30. The molecule has 1 aromatic heterocycles. The van der Waals surface area contributed by atoms with Gasteiger partial charge in [0.25, 0.3) is 0 Å². The summed E-state index contributed by atoms with van der Waals surface area (Å²) in [5, 5.41) is 14.6. The molecule has 2 rings (SSSR count). The summed E-state index contributed by atoms with van der Waals surface area (Å²) < 4.78 is 12.8. The Morgan fingerprint density at radius 3 is 2.77 bits per heavy atom. The minimum absolute atomic E-state index is 0.401. The molecule has 2 N–H and O–H groups in total. The molecule has 0 unspecified atom stereocenters. The second-order valence-corrected chi connectivity index (χ2v) is 5.48. The molecule has 8 heteroatoms. The molecule has 0 amide bonds. The van der Waals surface area contributed by atoms with Crippen molar-refractivity contribution < 1.29 is 9.47 Å². The van der Waals surface area contributed by atoms with Gasteiger partial charge in [0.2, 0.25) is 0 Å². The topological polar surface area (TPSA) is 85.6 Å². The van der Waals surface area contributed by atoms with E-state index in [1.54, 1.807) is 13.2 Å². The predicted octanol–water partition coefficient (Wildman–Crippen LogP) is 2.27. The Morgan fingerprint density at radius 2 is 2.15 bits per heavy atom. The van der Waals surface area contributed by atoms with Crippen LogP contribution < -0.4 is 20.1 Å². The summed E-state index contributed by atoms with van der Waals surface area (Å²) in [7, 11) is 3.53. The van der Waals surface area contributed by atoms with E-state index in [0.717, 1.165) is 17.3 Å². The third-order valence-corrected chi connectivity index (χ3v) is 3.70. The van der Waals surface area contributed by atoms with Gasteiger partial charge >= 0.3 is 0 Å². The number of benzene rings is 1. The van der Waals surface area contributed by atoms with Crippen LogP contribution in [0.3, 0.4) is 0 Å². The second kappa shape index (κ2) is 9.45. The number of nitrogens with zero attached hydrogens (tertiary/aromatic N) is 4. The van der Waals surface area contributed by atoms with Gasteiger partial charge in [0, 0.05) is 25.3 Å². The minimum Gasteiger partial charge on any atom is -0.493 e. The minimum atomic E-state index is 0.401. The zero-order valence-corrected chi connectivity index (χ0v) is 15.7. The normalized spacial score (nSPS) is 11.2. The van der Waals surface area contributed by atoms with Gasteiger partial charge in [0.1, 0.15) is 12.4 Å². The van der Waals surface area contributed by atoms with Crippen molar-refractivity contribution in [3.05, 3.63) is 42.5 Å². The predicted molar refractivity (Wildman–Crippen MR) is 103 cm³/mol. The van der Waals surface area contributed by atoms with E-state index in [-0.39, 0.29) is 0 Å². The fourth-order valence-corrected chi connectivity index (χ4v) is 2.20. The average molecular weight is 358 g/mol. The Bertz CT molecular complexity index is 769. The maximum Gasteiger partial charge on any atom is 0.196 e. The van der Waals surface area contributed by atoms with Crippen LogP contribution in [0.2, 0.25) is 0 Å². The summed E-state index contributed by atoms with van der Waals surface area (Å²) in [6, 6.07) is 5.63. The van der Waals surface area contributed by atoms with E-state index in [1.165, 1.54) is 0 Å². The van der Waals surface area contributed by atoms with E-state index < -0.39 is 0 Å². The summed E-state index contributed by atoms with van der Waals surface area (Å²) >= 11 is 0. The van der Waals surface area contributed by atoms with E-state index in [2.05, 4.69) is 32.4 Å². The van der Waals surface area contributed by atoms with Gasteiger partial charge in [-0.3, -0.25) is 0 Å². The molecule has 0 aliphatic rings. The average Bonchev–Trinajstić information content (AvgIpc) is 2.97. The van der Waals surface area contributed by atoms with Crippen LogP contribution in [-0.4, -0.2) is 41.0 Å². The van der Waals surface area contributed by atoms with Crippen LogP contribution in [0.4, 0.5) is 5.69 Å². The lowest BCUT2D eigenvalue weighted by Crippen LogP contribution is -2.31. The van der Waals surface area contributed by atoms with Gasteiger partial charge in [-0.15, -0.1) is 16.8 Å². The summed E-state index contributed by atoms with van der Waals surface area (Å²) in [6.07, 6.45) is 1.77. The van der Waals surface area contributed by atoms with Crippen LogP contribution in [0.1, 0.15) is 18.6 Å². The van der Waals surface area contributed by atoms with E-state index in [9.17, 15) is 0 Å². The molecule has 0 saturated heterocycles. The molecule has 1 heterocycles. The van der Waals surface area contributed by atoms with Gasteiger partial charge in [-0.1, -0.05) is 6.08 Å². The number of ether oxygens (including phenoxy) is 2. The second-order valence-electron chi connectivity index (χ2n) is 5.48. The highest BCUT2D eigenvalue weighted by atomic mass is 16.5. The maximum atomic E-state index is 5.54. The number of nitrogens with one attached hydrogen (secondary N) is 2. The number of hydrogen-bond acceptors (Lipinski definition) is 5. The third-order valence-electron chi connectivity index (χ3n) is 3.70. The Morgan fingerprint density at radius 1 is 1.35 bits per heavy atom. The van der Waals surface area contributed by atoms with Crippen LogP contribution in [0.15, 0.2) is 35.8 Å². The summed E-state index contributed by atoms with van der Waals surface area (Å²) in [5.41, 5.74) is 0.828. The zero-order chi connectivity index (χ0) is 18.9. The largest absolute Gasteiger partial charge is 0.493 e. The molecule has 0 bridgehead atoms. The van der Waals surface area contributed by atoms with E-state index >= 15 is 0 Å². The Balaban J connectivity index is 2.17. The Labute approximate surface area is 153 Å². The van der Waals surface area contributed by atoms with Crippen LogP contribution in [0, 0.1) is 6.92 Å². The molecule has 0 saturated carbocycles. The number of aromatic nitrogens is 3. The van der Waals surface area contributed by atoms with Gasteiger partial charge in [-0.2, -0.15) is 0 Å². The Kier molecular flexibility index (Phi) is 7.02. The van der Waals surface area contributed by atoms with Crippen molar-refractivity contribution in [3.8, 4) is 11.5 Å². The van der Waals surface area contributed by atoms with Gasteiger partial charge in [0.15, 0.2) is 23.3 Å². The lowest BCUT2D eigenvalue weighted by Gasteiger charge is -2.14. The number of anilines is 1. The molecule has 0 fully saturated rings. The molecule has 26 heavy (non-hydrogen) atoms. The molecule has 0 aliphatic carbocycles. The highest BCUT2D eigenvalue weighted by molar-refractivity contribution is 5.94. The molecule has 0 radical (unpaired) electrons. The quantitative estimate of drug-likeness (QED) is 0.428. The maximum absolute atomic E-state index is 5.54. The van der Waals surface area contributed by atoms with E-state index in [1.807, 2.05) is 43.7 Å². The van der Waals surface area contributed by atoms with E-state index in [0.29, 0.717) is 37.2 Å². The SMILES string of the molecule is C=CCNC(=NCc1nnc(C)n1C)Nc1ccc(OCC)c(OC)c1. The van der Waals surface area contributed by atoms with Crippen LogP contribution in [-0.2, 0) is 13.6 Å². The number of aliphatic imine (C=N–C) groups is 1. The molecule has 0 aliphatic heterocycles.